The molecule has 1 unspecified atom stereocenters. The van der Waals surface area contributed by atoms with Crippen LogP contribution in [0.5, 0.6) is 0 Å². The Balaban J connectivity index is 1.54. The normalized spacial score (nSPS) is 12.0. The molecule has 6 heteroatoms. The number of carboxylic acids is 1. The number of nitrogens with one attached hydrogen (secondary N) is 1. The molecule has 3 rings (SSSR count). The molecule has 0 radical (unpaired) electrons. The number of aryl methyl sites for hydroxylation is 1. The average molecular weight is 406 g/mol. The molecule has 0 aliphatic heterocycles. The summed E-state index contributed by atoms with van der Waals surface area (Å²) < 4.78 is 5.76. The maximum Gasteiger partial charge on any atom is 0.326 e. The summed E-state index contributed by atoms with van der Waals surface area (Å²) >= 11 is 0. The number of rotatable bonds is 9. The van der Waals surface area contributed by atoms with Gasteiger partial charge in [-0.25, -0.2) is 9.78 Å². The van der Waals surface area contributed by atoms with Gasteiger partial charge in [0.15, 0.2) is 11.7 Å². The predicted molar refractivity (Wildman–Crippen MR) is 114 cm³/mol. The predicted octanol–water partition coefficient (Wildman–Crippen LogP) is 4.21. The number of carbonyl (C=O) groups is 2. The molecule has 1 atom stereocenters. The van der Waals surface area contributed by atoms with Crippen LogP contribution in [0.1, 0.15) is 43.2 Å². The van der Waals surface area contributed by atoms with Crippen molar-refractivity contribution in [2.75, 3.05) is 0 Å². The Morgan fingerprint density at radius 1 is 1.07 bits per heavy atom. The van der Waals surface area contributed by atoms with Crippen molar-refractivity contribution in [3.05, 3.63) is 77.8 Å². The van der Waals surface area contributed by atoms with Crippen molar-refractivity contribution in [2.24, 2.45) is 0 Å². The first-order valence-corrected chi connectivity index (χ1v) is 10.0. The van der Waals surface area contributed by atoms with Crippen molar-refractivity contribution in [3.63, 3.8) is 0 Å². The van der Waals surface area contributed by atoms with E-state index < -0.39 is 12.0 Å². The van der Waals surface area contributed by atoms with Gasteiger partial charge in [-0.2, -0.15) is 0 Å². The lowest BCUT2D eigenvalue weighted by Gasteiger charge is -2.14. The third-order valence-electron chi connectivity index (χ3n) is 4.90. The van der Waals surface area contributed by atoms with E-state index in [2.05, 4.69) is 36.3 Å². The topological polar surface area (TPSA) is 92.4 Å². The molecule has 0 saturated heterocycles. The van der Waals surface area contributed by atoms with Gasteiger partial charge in [0.05, 0.1) is 6.20 Å². The Morgan fingerprint density at radius 3 is 2.40 bits per heavy atom. The Hall–Kier alpha value is -3.41. The van der Waals surface area contributed by atoms with Gasteiger partial charge in [0.1, 0.15) is 6.04 Å². The third-order valence-corrected chi connectivity index (χ3v) is 4.90. The maximum atomic E-state index is 12.3. The molecule has 0 aliphatic carbocycles. The van der Waals surface area contributed by atoms with E-state index in [0.717, 1.165) is 11.1 Å². The zero-order chi connectivity index (χ0) is 21.5. The number of hydrogen-bond acceptors (Lipinski definition) is 4. The average Bonchev–Trinajstić information content (AvgIpc) is 3.21. The van der Waals surface area contributed by atoms with Crippen LogP contribution in [0.25, 0.3) is 11.3 Å². The van der Waals surface area contributed by atoms with Crippen molar-refractivity contribution in [2.45, 2.75) is 45.1 Å². The van der Waals surface area contributed by atoms with E-state index in [1.165, 1.54) is 5.56 Å². The number of benzene rings is 2. The summed E-state index contributed by atoms with van der Waals surface area (Å²) in [5.74, 6) is 0.144. The molecule has 1 aromatic heterocycles. The first-order chi connectivity index (χ1) is 14.4. The van der Waals surface area contributed by atoms with Gasteiger partial charge in [0, 0.05) is 24.8 Å². The van der Waals surface area contributed by atoms with E-state index in [4.69, 9.17) is 4.42 Å². The van der Waals surface area contributed by atoms with Crippen molar-refractivity contribution < 1.29 is 19.1 Å². The van der Waals surface area contributed by atoms with E-state index in [1.54, 1.807) is 6.20 Å². The second-order valence-corrected chi connectivity index (χ2v) is 7.54. The minimum absolute atomic E-state index is 0.102. The monoisotopic (exact) mass is 406 g/mol. The van der Waals surface area contributed by atoms with Gasteiger partial charge in [0.25, 0.3) is 0 Å². The molecule has 0 spiro atoms. The zero-order valence-electron chi connectivity index (χ0n) is 17.2. The Bertz CT molecular complexity index is 978. The highest BCUT2D eigenvalue weighted by Crippen LogP contribution is 2.23. The Morgan fingerprint density at radius 2 is 1.77 bits per heavy atom. The molecular formula is C24H26N2O4. The molecule has 0 bridgehead atoms. The van der Waals surface area contributed by atoms with Gasteiger partial charge in [-0.3, -0.25) is 4.79 Å². The molecule has 6 nitrogen and oxygen atoms in total. The van der Waals surface area contributed by atoms with Crippen molar-refractivity contribution in [3.8, 4) is 11.3 Å². The van der Waals surface area contributed by atoms with Crippen LogP contribution < -0.4 is 5.32 Å². The molecule has 2 N–H and O–H groups in total. The Labute approximate surface area is 176 Å². The van der Waals surface area contributed by atoms with Crippen LogP contribution in [0, 0.1) is 0 Å². The fourth-order valence-electron chi connectivity index (χ4n) is 3.13. The van der Waals surface area contributed by atoms with Gasteiger partial charge < -0.3 is 14.8 Å². The molecule has 0 aliphatic rings. The number of aliphatic carboxylic acids is 1. The Kier molecular flexibility index (Phi) is 7.01. The van der Waals surface area contributed by atoms with Crippen LogP contribution in [0.2, 0.25) is 0 Å². The fraction of sp³-hybridized carbons (Fsp3) is 0.292. The minimum atomic E-state index is -1.06. The zero-order valence-corrected chi connectivity index (χ0v) is 17.2. The molecule has 156 valence electrons. The lowest BCUT2D eigenvalue weighted by molar-refractivity contribution is -0.141. The third kappa shape index (κ3) is 5.80. The quantitative estimate of drug-likeness (QED) is 0.555. The van der Waals surface area contributed by atoms with E-state index in [9.17, 15) is 14.7 Å². The number of aromatic nitrogens is 1. The van der Waals surface area contributed by atoms with E-state index in [0.29, 0.717) is 24.0 Å². The highest BCUT2D eigenvalue weighted by atomic mass is 16.4. The minimum Gasteiger partial charge on any atom is -0.480 e. The smallest absolute Gasteiger partial charge is 0.326 e. The van der Waals surface area contributed by atoms with Crippen LogP contribution in [0.4, 0.5) is 0 Å². The lowest BCUT2D eigenvalue weighted by Crippen LogP contribution is -2.42. The van der Waals surface area contributed by atoms with Crippen LogP contribution in [-0.2, 0) is 22.4 Å². The van der Waals surface area contributed by atoms with Crippen molar-refractivity contribution >= 4 is 11.9 Å². The van der Waals surface area contributed by atoms with Crippen LogP contribution in [0.15, 0.2) is 65.2 Å². The van der Waals surface area contributed by atoms with Gasteiger partial charge in [-0.05, 0) is 17.0 Å². The van der Waals surface area contributed by atoms with Gasteiger partial charge >= 0.3 is 5.97 Å². The lowest BCUT2D eigenvalue weighted by atomic mass is 10.0. The number of oxazole rings is 1. The van der Waals surface area contributed by atoms with Gasteiger partial charge in [-0.1, -0.05) is 68.4 Å². The SMILES string of the molecule is CC(C)c1ccc(-c2cnc(CCC(=O)NC(Cc3ccccc3)C(=O)O)o2)cc1. The van der Waals surface area contributed by atoms with Gasteiger partial charge in [-0.15, -0.1) is 0 Å². The second-order valence-electron chi connectivity index (χ2n) is 7.54. The number of carboxylic acid groups (broad SMARTS) is 1. The first kappa shape index (κ1) is 21.3. The van der Waals surface area contributed by atoms with E-state index in [-0.39, 0.29) is 18.7 Å². The fourth-order valence-corrected chi connectivity index (χ4v) is 3.13. The molecule has 0 saturated carbocycles. The number of hydrogen-bond donors (Lipinski definition) is 2. The number of carbonyl (C=O) groups excluding carboxylic acids is 1. The first-order valence-electron chi connectivity index (χ1n) is 10.0. The summed E-state index contributed by atoms with van der Waals surface area (Å²) in [5.41, 5.74) is 3.03. The largest absolute Gasteiger partial charge is 0.480 e. The van der Waals surface area contributed by atoms with E-state index in [1.807, 2.05) is 42.5 Å². The summed E-state index contributed by atoms with van der Waals surface area (Å²) in [4.78, 5) is 28.0. The molecule has 1 heterocycles. The summed E-state index contributed by atoms with van der Waals surface area (Å²) in [6.45, 7) is 4.28. The van der Waals surface area contributed by atoms with Gasteiger partial charge in [0.2, 0.25) is 5.91 Å². The highest BCUT2D eigenvalue weighted by Gasteiger charge is 2.20. The van der Waals surface area contributed by atoms with Crippen molar-refractivity contribution in [1.29, 1.82) is 0 Å². The number of nitrogens with zero attached hydrogens (tertiary/aromatic N) is 1. The molecule has 1 amide bonds. The van der Waals surface area contributed by atoms with Crippen LogP contribution in [0.3, 0.4) is 0 Å². The second kappa shape index (κ2) is 9.87. The van der Waals surface area contributed by atoms with Crippen LogP contribution in [-0.4, -0.2) is 28.0 Å². The summed E-state index contributed by atoms with van der Waals surface area (Å²) in [6.07, 6.45) is 2.28. The standard InChI is InChI=1S/C24H26N2O4/c1-16(2)18-8-10-19(11-9-18)21-15-25-23(30-21)13-12-22(27)26-20(24(28)29)14-17-6-4-3-5-7-17/h3-11,15-16,20H,12-14H2,1-2H3,(H,26,27)(H,28,29). The molecule has 3 aromatic rings. The number of amides is 1. The molecule has 30 heavy (non-hydrogen) atoms. The van der Waals surface area contributed by atoms with Crippen LogP contribution >= 0.6 is 0 Å². The summed E-state index contributed by atoms with van der Waals surface area (Å²) in [5, 5.41) is 12.0. The summed E-state index contributed by atoms with van der Waals surface area (Å²) in [7, 11) is 0. The summed E-state index contributed by atoms with van der Waals surface area (Å²) in [6, 6.07) is 16.4. The molecule has 2 aromatic carbocycles. The molecular weight excluding hydrogens is 380 g/mol. The van der Waals surface area contributed by atoms with E-state index >= 15 is 0 Å². The van der Waals surface area contributed by atoms with Crippen molar-refractivity contribution in [1.82, 2.24) is 10.3 Å². The highest BCUT2D eigenvalue weighted by molar-refractivity contribution is 5.83. The molecule has 0 fully saturated rings. The maximum absolute atomic E-state index is 12.3.